The zero-order chi connectivity index (χ0) is 16.7. The second kappa shape index (κ2) is 5.48. The fourth-order valence-electron chi connectivity index (χ4n) is 2.35. The van der Waals surface area contributed by atoms with Gasteiger partial charge in [-0.05, 0) is 18.2 Å². The van der Waals surface area contributed by atoms with Crippen LogP contribution in [0.3, 0.4) is 0 Å². The highest BCUT2D eigenvalue weighted by Crippen LogP contribution is 2.32. The number of carbonyl (C=O) groups is 1. The van der Waals surface area contributed by atoms with Gasteiger partial charge in [-0.2, -0.15) is 16.8 Å². The number of halogens is 1. The van der Waals surface area contributed by atoms with Gasteiger partial charge in [-0.1, -0.05) is 0 Å². The predicted octanol–water partition coefficient (Wildman–Crippen LogP) is 0.168. The maximum absolute atomic E-state index is 12.7. The molecule has 1 fully saturated rings. The molecular weight excluding hydrogens is 339 g/mol. The molecule has 1 aromatic carbocycles. The Bertz CT molecular complexity index is 821. The first-order valence-electron chi connectivity index (χ1n) is 6.07. The molecule has 8 nitrogen and oxygen atoms in total. The van der Waals surface area contributed by atoms with Crippen molar-refractivity contribution in [1.82, 2.24) is 0 Å². The van der Waals surface area contributed by atoms with Gasteiger partial charge in [0.2, 0.25) is 5.91 Å². The first-order valence-corrected chi connectivity index (χ1v) is 9.06. The van der Waals surface area contributed by atoms with Crippen molar-refractivity contribution < 1.29 is 30.1 Å². The summed E-state index contributed by atoms with van der Waals surface area (Å²) in [6, 6.07) is 3.27. The van der Waals surface area contributed by atoms with Gasteiger partial charge in [0.25, 0.3) is 10.1 Å². The minimum atomic E-state index is -4.70. The van der Waals surface area contributed by atoms with Crippen molar-refractivity contribution in [3.05, 3.63) is 18.2 Å². The smallest absolute Gasteiger partial charge is 0.302 e. The van der Waals surface area contributed by atoms with Gasteiger partial charge in [0.05, 0.1) is 22.0 Å². The molecule has 1 unspecified atom stereocenters. The molecule has 1 heterocycles. The second-order valence-electron chi connectivity index (χ2n) is 4.98. The Balaban J connectivity index is 2.28. The average Bonchev–Trinajstić information content (AvgIpc) is 2.66. The van der Waals surface area contributed by atoms with Crippen LogP contribution >= 0.6 is 0 Å². The highest BCUT2D eigenvalue weighted by molar-refractivity contribution is 7.86. The van der Waals surface area contributed by atoms with Gasteiger partial charge in [-0.25, -0.2) is 0 Å². The molecule has 1 aliphatic rings. The molecule has 2 rings (SSSR count). The van der Waals surface area contributed by atoms with Crippen molar-refractivity contribution in [2.24, 2.45) is 5.92 Å². The first kappa shape index (κ1) is 16.6. The molecule has 1 saturated heterocycles. The van der Waals surface area contributed by atoms with E-state index in [0.29, 0.717) is 0 Å². The molecule has 1 amide bonds. The normalized spacial score (nSPS) is 19.6. The number of rotatable bonds is 4. The van der Waals surface area contributed by atoms with Crippen molar-refractivity contribution in [2.75, 3.05) is 22.9 Å². The van der Waals surface area contributed by atoms with E-state index >= 15 is 0 Å². The molecule has 1 aromatic rings. The average molecular weight is 352 g/mol. The van der Waals surface area contributed by atoms with Crippen LogP contribution in [0.5, 0.6) is 0 Å². The summed E-state index contributed by atoms with van der Waals surface area (Å²) in [6.45, 7) is -0.0442. The van der Waals surface area contributed by atoms with E-state index in [1.807, 2.05) is 0 Å². The third kappa shape index (κ3) is 3.72. The topological polar surface area (TPSA) is 135 Å². The van der Waals surface area contributed by atoms with Crippen molar-refractivity contribution >= 4 is 37.6 Å². The third-order valence-electron chi connectivity index (χ3n) is 3.23. The van der Waals surface area contributed by atoms with E-state index in [2.05, 4.69) is 0 Å². The Labute approximate surface area is 126 Å². The second-order valence-corrected chi connectivity index (χ2v) is 7.81. The molecule has 0 saturated carbocycles. The van der Waals surface area contributed by atoms with Crippen LogP contribution < -0.4 is 10.6 Å². The number of hydrogen-bond acceptors (Lipinski definition) is 6. The summed E-state index contributed by atoms with van der Waals surface area (Å²) in [5.74, 6) is -1.92. The Morgan fingerprint density at radius 1 is 1.32 bits per heavy atom. The first-order chi connectivity index (χ1) is 9.97. The minimum absolute atomic E-state index is 0.0442. The quantitative estimate of drug-likeness (QED) is 0.448. The number of amides is 1. The summed E-state index contributed by atoms with van der Waals surface area (Å²) >= 11 is 0. The molecule has 1 aliphatic heterocycles. The lowest BCUT2D eigenvalue weighted by Gasteiger charge is -2.19. The van der Waals surface area contributed by atoms with Gasteiger partial charge in [0, 0.05) is 18.9 Å². The minimum Gasteiger partial charge on any atom is -0.397 e. The van der Waals surface area contributed by atoms with E-state index in [1.165, 1.54) is 11.0 Å². The Morgan fingerprint density at radius 2 is 1.95 bits per heavy atom. The summed E-state index contributed by atoms with van der Waals surface area (Å²) in [6.07, 6.45) is -0.150. The van der Waals surface area contributed by atoms with E-state index in [0.717, 1.165) is 12.1 Å². The molecule has 22 heavy (non-hydrogen) atoms. The van der Waals surface area contributed by atoms with E-state index < -0.39 is 42.8 Å². The highest BCUT2D eigenvalue weighted by atomic mass is 32.3. The number of carbonyl (C=O) groups excluding carboxylic acids is 1. The number of hydrogen-bond donors (Lipinski definition) is 2. The number of nitrogens with two attached hydrogens (primary N) is 1. The van der Waals surface area contributed by atoms with Crippen molar-refractivity contribution in [3.63, 3.8) is 0 Å². The molecular formula is C11H13FN2O6S2. The Hall–Kier alpha value is -1.72. The molecule has 0 spiro atoms. The summed E-state index contributed by atoms with van der Waals surface area (Å²) in [5, 5.41) is 0. The molecule has 0 aliphatic carbocycles. The number of benzene rings is 1. The molecule has 1 atom stereocenters. The predicted molar refractivity (Wildman–Crippen MR) is 76.0 cm³/mol. The molecule has 11 heteroatoms. The molecule has 122 valence electrons. The highest BCUT2D eigenvalue weighted by Gasteiger charge is 2.34. The van der Waals surface area contributed by atoms with Gasteiger partial charge >= 0.3 is 10.2 Å². The van der Waals surface area contributed by atoms with E-state index in [1.54, 1.807) is 0 Å². The van der Waals surface area contributed by atoms with Gasteiger partial charge in [0.1, 0.15) is 0 Å². The molecule has 3 N–H and O–H groups in total. The maximum Gasteiger partial charge on any atom is 0.302 e. The summed E-state index contributed by atoms with van der Waals surface area (Å²) in [7, 11) is -9.12. The van der Waals surface area contributed by atoms with Gasteiger partial charge < -0.3 is 10.6 Å². The van der Waals surface area contributed by atoms with Crippen molar-refractivity contribution in [1.29, 1.82) is 0 Å². The largest absolute Gasteiger partial charge is 0.397 e. The Kier molecular flexibility index (Phi) is 4.15. The Morgan fingerprint density at radius 3 is 2.45 bits per heavy atom. The summed E-state index contributed by atoms with van der Waals surface area (Å²) < 4.78 is 64.9. The lowest BCUT2D eigenvalue weighted by atomic mass is 10.1. The lowest BCUT2D eigenvalue weighted by Crippen LogP contribution is -2.26. The lowest BCUT2D eigenvalue weighted by molar-refractivity contribution is -0.117. The van der Waals surface area contributed by atoms with Crippen LogP contribution in [0.15, 0.2) is 23.1 Å². The number of nitrogen functional groups attached to an aromatic ring is 1. The van der Waals surface area contributed by atoms with Crippen LogP contribution in [0.1, 0.15) is 6.42 Å². The monoisotopic (exact) mass is 352 g/mol. The van der Waals surface area contributed by atoms with Crippen LogP contribution in [0.2, 0.25) is 0 Å². The third-order valence-corrected chi connectivity index (χ3v) is 4.95. The van der Waals surface area contributed by atoms with E-state index in [9.17, 15) is 25.5 Å². The standard InChI is InChI=1S/C11H13FN2O6S2/c12-21(16,17)6-7-3-11(15)14(5-7)10-2-1-8(4-9(10)13)22(18,19)20/h1-2,4,7H,3,5-6,13H2,(H,18,19,20). The zero-order valence-corrected chi connectivity index (χ0v) is 12.8. The van der Waals surface area contributed by atoms with Crippen LogP contribution in [-0.4, -0.2) is 39.6 Å². The van der Waals surface area contributed by atoms with Crippen LogP contribution in [0.4, 0.5) is 15.3 Å². The molecule has 0 aromatic heterocycles. The van der Waals surface area contributed by atoms with Gasteiger partial charge in [-0.15, -0.1) is 3.89 Å². The van der Waals surface area contributed by atoms with Gasteiger partial charge in [0.15, 0.2) is 0 Å². The fraction of sp³-hybridized carbons (Fsp3) is 0.364. The van der Waals surface area contributed by atoms with Crippen LogP contribution in [0, 0.1) is 5.92 Å². The summed E-state index contributed by atoms with van der Waals surface area (Å²) in [4.78, 5) is 12.6. The van der Waals surface area contributed by atoms with Crippen LogP contribution in [-0.2, 0) is 25.1 Å². The molecule has 0 bridgehead atoms. The molecule has 0 radical (unpaired) electrons. The SMILES string of the molecule is Nc1cc(S(=O)(=O)O)ccc1N1CC(CS(=O)(=O)F)CC1=O. The van der Waals surface area contributed by atoms with Crippen molar-refractivity contribution in [3.8, 4) is 0 Å². The van der Waals surface area contributed by atoms with Gasteiger partial charge in [-0.3, -0.25) is 9.35 Å². The van der Waals surface area contributed by atoms with E-state index in [-0.39, 0.29) is 24.3 Å². The fourth-order valence-corrected chi connectivity index (χ4v) is 3.65. The number of anilines is 2. The van der Waals surface area contributed by atoms with Crippen LogP contribution in [0.25, 0.3) is 0 Å². The number of nitrogens with zero attached hydrogens (tertiary/aromatic N) is 1. The van der Waals surface area contributed by atoms with E-state index in [4.69, 9.17) is 10.3 Å². The maximum atomic E-state index is 12.7. The summed E-state index contributed by atoms with van der Waals surface area (Å²) in [5.41, 5.74) is 5.77. The zero-order valence-electron chi connectivity index (χ0n) is 11.1. The van der Waals surface area contributed by atoms with Crippen molar-refractivity contribution in [2.45, 2.75) is 11.3 Å².